The van der Waals surface area contributed by atoms with E-state index in [-0.39, 0.29) is 29.7 Å². The normalized spacial score (nSPS) is 17.8. The Morgan fingerprint density at radius 3 is 2.74 bits per heavy atom. The summed E-state index contributed by atoms with van der Waals surface area (Å²) in [6, 6.07) is 9.54. The highest BCUT2D eigenvalue weighted by molar-refractivity contribution is 5.96. The van der Waals surface area contributed by atoms with E-state index in [0.29, 0.717) is 18.9 Å². The van der Waals surface area contributed by atoms with E-state index < -0.39 is 0 Å². The van der Waals surface area contributed by atoms with Crippen LogP contribution in [0.5, 0.6) is 0 Å². The predicted molar refractivity (Wildman–Crippen MR) is 83.9 cm³/mol. The van der Waals surface area contributed by atoms with Crippen molar-refractivity contribution in [3.05, 3.63) is 36.2 Å². The van der Waals surface area contributed by atoms with Gasteiger partial charge in [-0.3, -0.25) is 14.9 Å². The predicted octanol–water partition coefficient (Wildman–Crippen LogP) is 2.18. The van der Waals surface area contributed by atoms with Gasteiger partial charge < -0.3 is 9.32 Å². The Hall–Kier alpha value is -2.70. The first kappa shape index (κ1) is 15.2. The summed E-state index contributed by atoms with van der Waals surface area (Å²) in [6.07, 6.45) is 0.314. The number of hydrogen-bond acceptors (Lipinski definition) is 5. The van der Waals surface area contributed by atoms with Crippen LogP contribution in [-0.2, 0) is 9.59 Å². The minimum absolute atomic E-state index is 0.0205. The van der Waals surface area contributed by atoms with Crippen LogP contribution in [0, 0.1) is 5.92 Å². The summed E-state index contributed by atoms with van der Waals surface area (Å²) in [7, 11) is 0. The number of rotatable bonds is 4. The molecule has 0 bridgehead atoms. The highest BCUT2D eigenvalue weighted by Gasteiger charge is 2.35. The SMILES string of the molecule is CC(C)C(=O)Nc1nnc(C2CC(=O)N(c3ccccc3)C2)o1. The van der Waals surface area contributed by atoms with Crippen molar-refractivity contribution in [2.24, 2.45) is 5.92 Å². The van der Waals surface area contributed by atoms with Crippen molar-refractivity contribution in [1.29, 1.82) is 0 Å². The molecule has 0 saturated carbocycles. The maximum absolute atomic E-state index is 12.2. The molecule has 1 aromatic heterocycles. The summed E-state index contributed by atoms with van der Waals surface area (Å²) >= 11 is 0. The summed E-state index contributed by atoms with van der Waals surface area (Å²) in [5, 5.41) is 10.4. The first-order valence-corrected chi connectivity index (χ1v) is 7.54. The maximum atomic E-state index is 12.2. The molecule has 0 spiro atoms. The molecule has 1 aliphatic rings. The zero-order valence-corrected chi connectivity index (χ0v) is 13.0. The lowest BCUT2D eigenvalue weighted by Crippen LogP contribution is -2.24. The van der Waals surface area contributed by atoms with Crippen molar-refractivity contribution >= 4 is 23.5 Å². The molecule has 0 aliphatic carbocycles. The first-order valence-electron chi connectivity index (χ1n) is 7.54. The monoisotopic (exact) mass is 314 g/mol. The van der Waals surface area contributed by atoms with Gasteiger partial charge >= 0.3 is 6.01 Å². The Kier molecular flexibility index (Phi) is 4.10. The van der Waals surface area contributed by atoms with E-state index in [4.69, 9.17) is 4.42 Å². The lowest BCUT2D eigenvalue weighted by atomic mass is 10.1. The molecule has 1 atom stereocenters. The summed E-state index contributed by atoms with van der Waals surface area (Å²) in [4.78, 5) is 25.5. The van der Waals surface area contributed by atoms with Crippen molar-refractivity contribution in [3.8, 4) is 0 Å². The Morgan fingerprint density at radius 2 is 2.04 bits per heavy atom. The second kappa shape index (κ2) is 6.20. The fourth-order valence-corrected chi connectivity index (χ4v) is 2.43. The quantitative estimate of drug-likeness (QED) is 0.934. The van der Waals surface area contributed by atoms with Crippen LogP contribution < -0.4 is 10.2 Å². The third-order valence-electron chi connectivity index (χ3n) is 3.74. The van der Waals surface area contributed by atoms with Gasteiger partial charge in [-0.15, -0.1) is 5.10 Å². The van der Waals surface area contributed by atoms with Gasteiger partial charge in [0.2, 0.25) is 17.7 Å². The van der Waals surface area contributed by atoms with Gasteiger partial charge in [0.15, 0.2) is 0 Å². The molecule has 0 radical (unpaired) electrons. The number of nitrogens with one attached hydrogen (secondary N) is 1. The first-order chi connectivity index (χ1) is 11.0. The summed E-state index contributed by atoms with van der Waals surface area (Å²) in [5.41, 5.74) is 0.854. The minimum atomic E-state index is -0.186. The minimum Gasteiger partial charge on any atom is -0.407 e. The molecule has 23 heavy (non-hydrogen) atoms. The summed E-state index contributed by atoms with van der Waals surface area (Å²) in [6.45, 7) is 4.04. The highest BCUT2D eigenvalue weighted by Crippen LogP contribution is 2.31. The second-order valence-corrected chi connectivity index (χ2v) is 5.83. The van der Waals surface area contributed by atoms with E-state index in [1.165, 1.54) is 0 Å². The molecule has 2 heterocycles. The highest BCUT2D eigenvalue weighted by atomic mass is 16.4. The third-order valence-corrected chi connectivity index (χ3v) is 3.74. The number of benzene rings is 1. The van der Waals surface area contributed by atoms with Crippen LogP contribution >= 0.6 is 0 Å². The molecule has 1 N–H and O–H groups in total. The third kappa shape index (κ3) is 3.23. The second-order valence-electron chi connectivity index (χ2n) is 5.83. The number of carbonyl (C=O) groups excluding carboxylic acids is 2. The van der Waals surface area contributed by atoms with Gasteiger partial charge in [-0.05, 0) is 12.1 Å². The van der Waals surface area contributed by atoms with E-state index in [1.807, 2.05) is 30.3 Å². The molecule has 2 aromatic rings. The topological polar surface area (TPSA) is 88.3 Å². The molecule has 3 rings (SSSR count). The number of carbonyl (C=O) groups is 2. The fraction of sp³-hybridized carbons (Fsp3) is 0.375. The van der Waals surface area contributed by atoms with Gasteiger partial charge in [0.1, 0.15) is 0 Å². The molecule has 1 unspecified atom stereocenters. The molecule has 1 saturated heterocycles. The lowest BCUT2D eigenvalue weighted by molar-refractivity contribution is -0.119. The van der Waals surface area contributed by atoms with Crippen LogP contribution in [0.25, 0.3) is 0 Å². The van der Waals surface area contributed by atoms with Crippen molar-refractivity contribution < 1.29 is 14.0 Å². The molecule has 1 aromatic carbocycles. The number of para-hydroxylation sites is 1. The Labute approximate surface area is 133 Å². The van der Waals surface area contributed by atoms with Gasteiger partial charge in [0.05, 0.1) is 5.92 Å². The molecule has 1 fully saturated rings. The van der Waals surface area contributed by atoms with E-state index in [2.05, 4.69) is 15.5 Å². The van der Waals surface area contributed by atoms with Gasteiger partial charge in [-0.2, -0.15) is 0 Å². The molecule has 7 heteroatoms. The van der Waals surface area contributed by atoms with Crippen molar-refractivity contribution in [2.75, 3.05) is 16.8 Å². The smallest absolute Gasteiger partial charge is 0.322 e. The van der Waals surface area contributed by atoms with Crippen molar-refractivity contribution in [1.82, 2.24) is 10.2 Å². The van der Waals surface area contributed by atoms with Gasteiger partial charge in [0.25, 0.3) is 0 Å². The molecule has 120 valence electrons. The van der Waals surface area contributed by atoms with Crippen molar-refractivity contribution in [3.63, 3.8) is 0 Å². The van der Waals surface area contributed by atoms with E-state index in [9.17, 15) is 9.59 Å². The van der Waals surface area contributed by atoms with Gasteiger partial charge in [0, 0.05) is 24.6 Å². The molecule has 2 amide bonds. The molecular formula is C16H18N4O3. The van der Waals surface area contributed by atoms with Crippen LogP contribution in [0.1, 0.15) is 32.1 Å². The van der Waals surface area contributed by atoms with Crippen LogP contribution in [0.4, 0.5) is 11.7 Å². The number of hydrogen-bond donors (Lipinski definition) is 1. The van der Waals surface area contributed by atoms with Crippen LogP contribution in [0.2, 0.25) is 0 Å². The van der Waals surface area contributed by atoms with Gasteiger partial charge in [-0.25, -0.2) is 0 Å². The largest absolute Gasteiger partial charge is 0.407 e. The molecular weight excluding hydrogens is 296 g/mol. The average molecular weight is 314 g/mol. The number of aromatic nitrogens is 2. The zero-order chi connectivity index (χ0) is 16.4. The standard InChI is InChI=1S/C16H18N4O3/c1-10(2)14(22)17-16-19-18-15(23-16)11-8-13(21)20(9-11)12-6-4-3-5-7-12/h3-7,10-11H,8-9H2,1-2H3,(H,17,19,22). The average Bonchev–Trinajstić information content (AvgIpc) is 3.14. The number of anilines is 2. The van der Waals surface area contributed by atoms with E-state index in [0.717, 1.165) is 5.69 Å². The molecule has 7 nitrogen and oxygen atoms in total. The van der Waals surface area contributed by atoms with Crippen molar-refractivity contribution in [2.45, 2.75) is 26.2 Å². The zero-order valence-electron chi connectivity index (χ0n) is 13.0. The van der Waals surface area contributed by atoms with Crippen LogP contribution in [0.15, 0.2) is 34.7 Å². The Morgan fingerprint density at radius 1 is 1.30 bits per heavy atom. The van der Waals surface area contributed by atoms with Crippen LogP contribution in [0.3, 0.4) is 0 Å². The van der Waals surface area contributed by atoms with E-state index >= 15 is 0 Å². The Balaban J connectivity index is 1.71. The number of nitrogens with zero attached hydrogens (tertiary/aromatic N) is 3. The summed E-state index contributed by atoms with van der Waals surface area (Å²) < 4.78 is 5.49. The fourth-order valence-electron chi connectivity index (χ4n) is 2.43. The maximum Gasteiger partial charge on any atom is 0.322 e. The Bertz CT molecular complexity index is 711. The van der Waals surface area contributed by atoms with Gasteiger partial charge in [-0.1, -0.05) is 37.1 Å². The van der Waals surface area contributed by atoms with E-state index in [1.54, 1.807) is 18.7 Å². The summed E-state index contributed by atoms with van der Waals surface area (Å²) in [5.74, 6) is -0.136. The lowest BCUT2D eigenvalue weighted by Gasteiger charge is -2.15. The molecule has 1 aliphatic heterocycles. The van der Waals surface area contributed by atoms with Crippen LogP contribution in [-0.4, -0.2) is 28.6 Å². The number of amides is 2.